The number of fused-ring (bicyclic) bond motifs is 1. The number of pyridine rings is 1. The molecule has 1 amide bonds. The number of benzene rings is 1. The second-order valence-corrected chi connectivity index (χ2v) is 7.20. The van der Waals surface area contributed by atoms with E-state index < -0.39 is 0 Å². The van der Waals surface area contributed by atoms with Crippen molar-refractivity contribution < 1.29 is 4.79 Å². The molecule has 0 aliphatic rings. The molecule has 0 aliphatic heterocycles. The molecular formula is C20H23Cl3N6OS. The molecular weight excluding hydrogens is 479 g/mol. The van der Waals surface area contributed by atoms with E-state index in [0.717, 1.165) is 40.5 Å². The van der Waals surface area contributed by atoms with E-state index in [1.807, 2.05) is 42.5 Å². The van der Waals surface area contributed by atoms with E-state index in [2.05, 4.69) is 30.6 Å². The van der Waals surface area contributed by atoms with Crippen LogP contribution >= 0.6 is 48.6 Å². The van der Waals surface area contributed by atoms with Crippen LogP contribution in [0, 0.1) is 0 Å². The Kier molecular flexibility index (Phi) is 11.4. The molecule has 11 heteroatoms. The van der Waals surface area contributed by atoms with Gasteiger partial charge in [-0.2, -0.15) is 0 Å². The molecule has 3 N–H and O–H groups in total. The summed E-state index contributed by atoms with van der Waals surface area (Å²) in [6.45, 7) is 1.82. The van der Waals surface area contributed by atoms with Crippen LogP contribution in [0.1, 0.15) is 27.0 Å². The van der Waals surface area contributed by atoms with E-state index in [1.54, 1.807) is 11.6 Å². The van der Waals surface area contributed by atoms with Gasteiger partial charge in [-0.1, -0.05) is 18.2 Å². The first-order valence-corrected chi connectivity index (χ1v) is 9.93. The summed E-state index contributed by atoms with van der Waals surface area (Å²) in [4.78, 5) is 28.7. The van der Waals surface area contributed by atoms with Crippen LogP contribution in [0.3, 0.4) is 0 Å². The number of imidazole rings is 1. The molecule has 1 aromatic carbocycles. The lowest BCUT2D eigenvalue weighted by molar-refractivity contribution is 0.0946. The second-order valence-electron chi connectivity index (χ2n) is 6.26. The monoisotopic (exact) mass is 500 g/mol. The minimum atomic E-state index is -0.177. The number of amides is 1. The lowest BCUT2D eigenvalue weighted by atomic mass is 10.3. The molecule has 0 spiro atoms. The SMILES string of the molecule is Cl.Cl.Cl.O=C(NCc1ccccn1)c1csc(CCNCc2nc3ccccc3[nH]2)n1. The molecule has 31 heavy (non-hydrogen) atoms. The maximum Gasteiger partial charge on any atom is 0.271 e. The van der Waals surface area contributed by atoms with Crippen molar-refractivity contribution in [3.05, 3.63) is 76.3 Å². The normalized spacial score (nSPS) is 9.94. The van der Waals surface area contributed by atoms with Crippen LogP contribution in [0.15, 0.2) is 54.0 Å². The fraction of sp³-hybridized carbons (Fsp3) is 0.200. The highest BCUT2D eigenvalue weighted by atomic mass is 35.5. The van der Waals surface area contributed by atoms with Gasteiger partial charge in [0.1, 0.15) is 11.5 Å². The van der Waals surface area contributed by atoms with Gasteiger partial charge in [0.25, 0.3) is 5.91 Å². The van der Waals surface area contributed by atoms with Gasteiger partial charge in [0.15, 0.2) is 0 Å². The second kappa shape index (κ2) is 13.2. The molecule has 3 heterocycles. The highest BCUT2D eigenvalue weighted by Crippen LogP contribution is 2.11. The molecule has 4 aromatic rings. The number of para-hydroxylation sites is 2. The van der Waals surface area contributed by atoms with E-state index in [1.165, 1.54) is 11.3 Å². The van der Waals surface area contributed by atoms with E-state index in [0.29, 0.717) is 18.8 Å². The Morgan fingerprint density at radius 2 is 1.81 bits per heavy atom. The van der Waals surface area contributed by atoms with Gasteiger partial charge in [-0.3, -0.25) is 9.78 Å². The fourth-order valence-corrected chi connectivity index (χ4v) is 3.56. The molecule has 0 radical (unpaired) electrons. The van der Waals surface area contributed by atoms with Crippen LogP contribution in [-0.2, 0) is 19.5 Å². The third-order valence-electron chi connectivity index (χ3n) is 4.19. The van der Waals surface area contributed by atoms with Gasteiger partial charge in [0.05, 0.1) is 34.8 Å². The Balaban J connectivity index is 0.00000160. The first kappa shape index (κ1) is 26.8. The van der Waals surface area contributed by atoms with Crippen LogP contribution in [0.5, 0.6) is 0 Å². The summed E-state index contributed by atoms with van der Waals surface area (Å²) in [5, 5.41) is 8.93. The number of aromatic nitrogens is 4. The Labute approximate surface area is 202 Å². The molecule has 0 bridgehead atoms. The zero-order valence-electron chi connectivity index (χ0n) is 16.4. The number of nitrogens with zero attached hydrogens (tertiary/aromatic N) is 3. The average molecular weight is 502 g/mol. The van der Waals surface area contributed by atoms with Crippen molar-refractivity contribution in [1.29, 1.82) is 0 Å². The van der Waals surface area contributed by atoms with Crippen LogP contribution in [-0.4, -0.2) is 32.4 Å². The maximum absolute atomic E-state index is 12.2. The number of carbonyl (C=O) groups is 1. The Bertz CT molecular complexity index is 1040. The van der Waals surface area contributed by atoms with Crippen molar-refractivity contribution >= 4 is 65.5 Å². The van der Waals surface area contributed by atoms with Crippen LogP contribution in [0.4, 0.5) is 0 Å². The molecule has 7 nitrogen and oxygen atoms in total. The molecule has 0 fully saturated rings. The van der Waals surface area contributed by atoms with Gasteiger partial charge in [-0.05, 0) is 24.3 Å². The summed E-state index contributed by atoms with van der Waals surface area (Å²) in [7, 11) is 0. The topological polar surface area (TPSA) is 95.6 Å². The molecule has 0 aliphatic carbocycles. The van der Waals surface area contributed by atoms with Crippen LogP contribution in [0.25, 0.3) is 11.0 Å². The maximum atomic E-state index is 12.2. The number of H-pyrrole nitrogens is 1. The van der Waals surface area contributed by atoms with Crippen LogP contribution in [0.2, 0.25) is 0 Å². The summed E-state index contributed by atoms with van der Waals surface area (Å²) in [5.74, 6) is 0.735. The Hall–Kier alpha value is -2.23. The lowest BCUT2D eigenvalue weighted by Gasteiger charge is -2.02. The number of carbonyl (C=O) groups excluding carboxylic acids is 1. The first-order chi connectivity index (χ1) is 13.8. The minimum Gasteiger partial charge on any atom is -0.345 e. The smallest absolute Gasteiger partial charge is 0.271 e. The van der Waals surface area contributed by atoms with Gasteiger partial charge >= 0.3 is 0 Å². The summed E-state index contributed by atoms with van der Waals surface area (Å²) in [5.41, 5.74) is 3.29. The van der Waals surface area contributed by atoms with Gasteiger partial charge in [-0.25, -0.2) is 9.97 Å². The van der Waals surface area contributed by atoms with Crippen LogP contribution < -0.4 is 10.6 Å². The van der Waals surface area contributed by atoms with E-state index in [4.69, 9.17) is 0 Å². The average Bonchev–Trinajstić information content (AvgIpc) is 3.37. The molecule has 4 rings (SSSR count). The fourth-order valence-electron chi connectivity index (χ4n) is 2.79. The van der Waals surface area contributed by atoms with Gasteiger partial charge in [0.2, 0.25) is 0 Å². The van der Waals surface area contributed by atoms with Crippen molar-refractivity contribution in [2.24, 2.45) is 0 Å². The number of hydrogen-bond donors (Lipinski definition) is 3. The predicted octanol–water partition coefficient (Wildman–Crippen LogP) is 3.94. The van der Waals surface area contributed by atoms with Crippen molar-refractivity contribution in [2.45, 2.75) is 19.5 Å². The molecule has 0 saturated carbocycles. The van der Waals surface area contributed by atoms with E-state index in [9.17, 15) is 4.79 Å². The standard InChI is InChI=1S/C20H20N6OS.3ClH/c27-20(23-11-14-5-3-4-9-22-14)17-13-28-19(26-17)8-10-21-12-18-24-15-6-1-2-7-16(15)25-18;;;/h1-7,9,13,21H,8,10-12H2,(H,23,27)(H,24,25);3*1H. The number of halogens is 3. The van der Waals surface area contributed by atoms with Gasteiger partial charge < -0.3 is 15.6 Å². The largest absolute Gasteiger partial charge is 0.345 e. The van der Waals surface area contributed by atoms with Crippen molar-refractivity contribution in [1.82, 2.24) is 30.6 Å². The Morgan fingerprint density at radius 3 is 2.58 bits per heavy atom. The Morgan fingerprint density at radius 1 is 1.00 bits per heavy atom. The van der Waals surface area contributed by atoms with E-state index >= 15 is 0 Å². The van der Waals surface area contributed by atoms with Gasteiger partial charge in [0, 0.05) is 24.5 Å². The highest BCUT2D eigenvalue weighted by Gasteiger charge is 2.10. The summed E-state index contributed by atoms with van der Waals surface area (Å²) in [6, 6.07) is 13.6. The zero-order chi connectivity index (χ0) is 19.2. The molecule has 166 valence electrons. The first-order valence-electron chi connectivity index (χ1n) is 9.05. The van der Waals surface area contributed by atoms with E-state index in [-0.39, 0.29) is 43.1 Å². The molecule has 0 saturated heterocycles. The number of thiazole rings is 1. The highest BCUT2D eigenvalue weighted by molar-refractivity contribution is 7.09. The number of aromatic amines is 1. The number of nitrogens with one attached hydrogen (secondary N) is 3. The summed E-state index contributed by atoms with van der Waals surface area (Å²) in [6.07, 6.45) is 2.47. The zero-order valence-corrected chi connectivity index (χ0v) is 19.7. The lowest BCUT2D eigenvalue weighted by Crippen LogP contribution is -2.23. The molecule has 0 unspecified atom stereocenters. The number of rotatable bonds is 8. The predicted molar refractivity (Wildman–Crippen MR) is 131 cm³/mol. The summed E-state index contributed by atoms with van der Waals surface area (Å²) < 4.78 is 0. The third-order valence-corrected chi connectivity index (χ3v) is 5.10. The molecule has 3 aromatic heterocycles. The van der Waals surface area contributed by atoms with Crippen molar-refractivity contribution in [3.63, 3.8) is 0 Å². The van der Waals surface area contributed by atoms with Gasteiger partial charge in [-0.15, -0.1) is 48.6 Å². The summed E-state index contributed by atoms with van der Waals surface area (Å²) >= 11 is 1.50. The van der Waals surface area contributed by atoms with Crippen molar-refractivity contribution in [3.8, 4) is 0 Å². The minimum absolute atomic E-state index is 0. The van der Waals surface area contributed by atoms with Crippen molar-refractivity contribution in [2.75, 3.05) is 6.54 Å². The number of hydrogen-bond acceptors (Lipinski definition) is 6. The third kappa shape index (κ3) is 7.45. The quantitative estimate of drug-likeness (QED) is 0.318. The molecule has 0 atom stereocenters.